The molecule has 1 nitrogen and oxygen atoms in total. The Bertz CT molecular complexity index is 579. The molecule has 22 heavy (non-hydrogen) atoms. The molecule has 2 atom stereocenters. The summed E-state index contributed by atoms with van der Waals surface area (Å²) in [6.45, 7) is 5.00. The molecule has 2 aromatic rings. The lowest BCUT2D eigenvalue weighted by Crippen LogP contribution is -2.33. The van der Waals surface area contributed by atoms with E-state index in [1.54, 1.807) is 0 Å². The molecule has 1 aliphatic heterocycles. The van der Waals surface area contributed by atoms with Crippen LogP contribution in [0.4, 0.5) is 0 Å². The van der Waals surface area contributed by atoms with Gasteiger partial charge in [0.05, 0.1) is 20.3 Å². The first-order valence-electron chi connectivity index (χ1n) is 8.37. The molecule has 3 rings (SSSR count). The third-order valence-corrected chi connectivity index (χ3v) is 7.51. The fourth-order valence-corrected chi connectivity index (χ4v) is 6.62. The van der Waals surface area contributed by atoms with Gasteiger partial charge in [0.15, 0.2) is 0 Å². The lowest BCUT2D eigenvalue weighted by Gasteiger charge is -2.26. The lowest BCUT2D eigenvalue weighted by molar-refractivity contribution is 0.0547. The summed E-state index contributed by atoms with van der Waals surface area (Å²) in [5.41, 5.74) is 2.82. The zero-order valence-electron chi connectivity index (χ0n) is 13.7. The maximum atomic E-state index is 6.36. The van der Waals surface area contributed by atoms with Gasteiger partial charge in [-0.1, -0.05) is 79.3 Å². The molecule has 0 saturated carbocycles. The Morgan fingerprint density at radius 1 is 0.909 bits per heavy atom. The van der Waals surface area contributed by atoms with Gasteiger partial charge in [-0.05, 0) is 30.5 Å². The van der Waals surface area contributed by atoms with E-state index in [0.29, 0.717) is 12.2 Å². The summed E-state index contributed by atoms with van der Waals surface area (Å²) in [6.07, 6.45) is 3.15. The van der Waals surface area contributed by atoms with Gasteiger partial charge < -0.3 is 4.74 Å². The zero-order chi connectivity index (χ0) is 15.4. The van der Waals surface area contributed by atoms with Gasteiger partial charge in [-0.3, -0.25) is 0 Å². The second-order valence-corrected chi connectivity index (χ2v) is 12.4. The normalized spacial score (nSPS) is 21.9. The molecule has 2 aromatic carbocycles. The van der Waals surface area contributed by atoms with Crippen molar-refractivity contribution in [1.29, 1.82) is 0 Å². The third kappa shape index (κ3) is 4.08. The molecule has 1 saturated heterocycles. The van der Waals surface area contributed by atoms with Crippen LogP contribution >= 0.6 is 0 Å². The Morgan fingerprint density at radius 2 is 1.55 bits per heavy atom. The van der Waals surface area contributed by atoms with Crippen molar-refractivity contribution in [3.05, 3.63) is 71.8 Å². The second kappa shape index (κ2) is 6.80. The Morgan fingerprint density at radius 3 is 2.23 bits per heavy atom. The fourth-order valence-electron chi connectivity index (χ4n) is 3.61. The maximum Gasteiger partial charge on any atom is 0.0829 e. The number of benzene rings is 2. The summed E-state index contributed by atoms with van der Waals surface area (Å²) >= 11 is 0. The largest absolute Gasteiger partial charge is 0.371 e. The Balaban J connectivity index is 1.57. The Kier molecular flexibility index (Phi) is 4.80. The highest BCUT2D eigenvalue weighted by molar-refractivity contribution is 6.77. The van der Waals surface area contributed by atoms with E-state index in [9.17, 15) is 0 Å². The molecule has 0 amide bonds. The molecular weight excluding hydrogens is 284 g/mol. The molecule has 0 unspecified atom stereocenters. The van der Waals surface area contributed by atoms with Crippen molar-refractivity contribution in [1.82, 2.24) is 0 Å². The molecule has 0 aromatic heterocycles. The van der Waals surface area contributed by atoms with Crippen LogP contribution in [-0.2, 0) is 10.8 Å². The summed E-state index contributed by atoms with van der Waals surface area (Å²) in [6, 6.07) is 24.1. The van der Waals surface area contributed by atoms with Crippen LogP contribution in [0.15, 0.2) is 60.7 Å². The summed E-state index contributed by atoms with van der Waals surface area (Å²) in [5, 5.41) is 0. The molecule has 1 heterocycles. The highest BCUT2D eigenvalue weighted by Gasteiger charge is 2.32. The minimum atomic E-state index is -1.26. The smallest absolute Gasteiger partial charge is 0.0829 e. The van der Waals surface area contributed by atoms with E-state index < -0.39 is 8.07 Å². The van der Waals surface area contributed by atoms with Crippen LogP contribution < -0.4 is 0 Å². The van der Waals surface area contributed by atoms with Crippen LogP contribution in [0, 0.1) is 0 Å². The van der Waals surface area contributed by atoms with E-state index >= 15 is 0 Å². The zero-order valence-corrected chi connectivity index (χ0v) is 14.7. The summed E-state index contributed by atoms with van der Waals surface area (Å²) in [7, 11) is -1.26. The van der Waals surface area contributed by atoms with Crippen LogP contribution in [0.5, 0.6) is 0 Å². The molecule has 2 heteroatoms. The first-order chi connectivity index (χ1) is 10.6. The SMILES string of the molecule is C[Si](C)(Cc1ccccc1)C[C@H]1CC[C@H](c2ccccc2)O1. The average molecular weight is 311 g/mol. The summed E-state index contributed by atoms with van der Waals surface area (Å²) < 4.78 is 6.36. The first-order valence-corrected chi connectivity index (χ1v) is 11.8. The molecular formula is C20H26OSi. The summed E-state index contributed by atoms with van der Waals surface area (Å²) in [5.74, 6) is 0. The van der Waals surface area contributed by atoms with Gasteiger partial charge in [0.1, 0.15) is 0 Å². The van der Waals surface area contributed by atoms with Crippen molar-refractivity contribution < 1.29 is 4.74 Å². The van der Waals surface area contributed by atoms with Crippen LogP contribution in [0.2, 0.25) is 19.1 Å². The quantitative estimate of drug-likeness (QED) is 0.672. The minimum absolute atomic E-state index is 0.313. The average Bonchev–Trinajstić information content (AvgIpc) is 2.96. The van der Waals surface area contributed by atoms with Crippen molar-refractivity contribution in [3.63, 3.8) is 0 Å². The Hall–Kier alpha value is -1.38. The number of hydrogen-bond acceptors (Lipinski definition) is 1. The molecule has 0 radical (unpaired) electrons. The van der Waals surface area contributed by atoms with Gasteiger partial charge in [-0.2, -0.15) is 0 Å². The first kappa shape index (κ1) is 15.5. The predicted molar refractivity (Wildman–Crippen MR) is 95.7 cm³/mol. The van der Waals surface area contributed by atoms with Gasteiger partial charge in [0.25, 0.3) is 0 Å². The molecule has 0 spiro atoms. The maximum absolute atomic E-state index is 6.36. The lowest BCUT2D eigenvalue weighted by atomic mass is 10.1. The predicted octanol–water partition coefficient (Wildman–Crippen LogP) is 5.40. The molecule has 116 valence electrons. The third-order valence-electron chi connectivity index (χ3n) is 4.58. The van der Waals surface area contributed by atoms with Crippen molar-refractivity contribution in [3.8, 4) is 0 Å². The second-order valence-electron chi connectivity index (χ2n) is 7.27. The van der Waals surface area contributed by atoms with Crippen LogP contribution in [0.1, 0.15) is 30.1 Å². The highest BCUT2D eigenvalue weighted by Crippen LogP contribution is 2.36. The number of rotatable bonds is 5. The molecule has 0 aliphatic carbocycles. The van der Waals surface area contributed by atoms with Crippen molar-refractivity contribution in [2.75, 3.05) is 0 Å². The van der Waals surface area contributed by atoms with E-state index in [1.165, 1.54) is 36.1 Å². The standard InChI is InChI=1S/C20H26OSi/c1-22(2,15-17-9-5-3-6-10-17)16-19-13-14-20(21-19)18-11-7-4-8-12-18/h3-12,19-20H,13-16H2,1-2H3/t19-,20-/m1/s1. The van der Waals surface area contributed by atoms with Crippen molar-refractivity contribution >= 4 is 8.07 Å². The topological polar surface area (TPSA) is 9.23 Å². The van der Waals surface area contributed by atoms with Gasteiger partial charge >= 0.3 is 0 Å². The van der Waals surface area contributed by atoms with Gasteiger partial charge in [-0.15, -0.1) is 0 Å². The highest BCUT2D eigenvalue weighted by atomic mass is 28.3. The van der Waals surface area contributed by atoms with Crippen molar-refractivity contribution in [2.45, 2.75) is 50.2 Å². The van der Waals surface area contributed by atoms with Crippen molar-refractivity contribution in [2.24, 2.45) is 0 Å². The van der Waals surface area contributed by atoms with E-state index in [2.05, 4.69) is 73.8 Å². The fraction of sp³-hybridized carbons (Fsp3) is 0.400. The Labute approximate surface area is 135 Å². The van der Waals surface area contributed by atoms with Crippen LogP contribution in [0.3, 0.4) is 0 Å². The van der Waals surface area contributed by atoms with E-state index in [0.717, 1.165) is 0 Å². The van der Waals surface area contributed by atoms with Gasteiger partial charge in [-0.25, -0.2) is 0 Å². The number of ether oxygens (including phenoxy) is 1. The molecule has 0 bridgehead atoms. The van der Waals surface area contributed by atoms with Crippen LogP contribution in [-0.4, -0.2) is 14.2 Å². The number of hydrogen-bond donors (Lipinski definition) is 0. The molecule has 1 aliphatic rings. The molecule has 0 N–H and O–H groups in total. The van der Waals surface area contributed by atoms with E-state index in [-0.39, 0.29) is 0 Å². The van der Waals surface area contributed by atoms with E-state index in [1.807, 2.05) is 0 Å². The van der Waals surface area contributed by atoms with E-state index in [4.69, 9.17) is 4.74 Å². The minimum Gasteiger partial charge on any atom is -0.371 e. The van der Waals surface area contributed by atoms with Gasteiger partial charge in [0, 0.05) is 0 Å². The molecule has 1 fully saturated rings. The summed E-state index contributed by atoms with van der Waals surface area (Å²) in [4.78, 5) is 0. The van der Waals surface area contributed by atoms with Gasteiger partial charge in [0.2, 0.25) is 0 Å². The van der Waals surface area contributed by atoms with Crippen LogP contribution in [0.25, 0.3) is 0 Å². The monoisotopic (exact) mass is 310 g/mol.